The molecule has 36 heavy (non-hydrogen) atoms. The van der Waals surface area contributed by atoms with E-state index in [1.54, 1.807) is 12.1 Å². The van der Waals surface area contributed by atoms with Crippen LogP contribution in [0.5, 0.6) is 5.75 Å². The summed E-state index contributed by atoms with van der Waals surface area (Å²) in [6.07, 6.45) is 4.93. The van der Waals surface area contributed by atoms with Crippen molar-refractivity contribution in [3.63, 3.8) is 0 Å². The summed E-state index contributed by atoms with van der Waals surface area (Å²) >= 11 is 0. The molecule has 2 amide bonds. The maximum absolute atomic E-state index is 13.6. The van der Waals surface area contributed by atoms with Crippen molar-refractivity contribution in [3.8, 4) is 5.75 Å². The molecule has 7 heteroatoms. The summed E-state index contributed by atoms with van der Waals surface area (Å²) in [4.78, 5) is 33.4. The van der Waals surface area contributed by atoms with E-state index in [4.69, 9.17) is 0 Å². The highest BCUT2D eigenvalue weighted by Crippen LogP contribution is 2.30. The fraction of sp³-hybridized carbons (Fsp3) is 0.517. The van der Waals surface area contributed by atoms with Crippen LogP contribution in [0.25, 0.3) is 0 Å². The number of hydrogen-bond acceptors (Lipinski definition) is 5. The largest absolute Gasteiger partial charge is 0.508 e. The Labute approximate surface area is 214 Å². The van der Waals surface area contributed by atoms with E-state index in [0.29, 0.717) is 32.1 Å². The number of carbonyl (C=O) groups excluding carboxylic acids is 2. The molecule has 0 radical (unpaired) electrons. The molecule has 1 aliphatic carbocycles. The molecule has 2 aromatic rings. The van der Waals surface area contributed by atoms with Crippen LogP contribution in [0.2, 0.25) is 0 Å². The van der Waals surface area contributed by atoms with Crippen molar-refractivity contribution in [2.75, 3.05) is 45.6 Å². The number of amides is 2. The van der Waals surface area contributed by atoms with Gasteiger partial charge in [0.1, 0.15) is 5.75 Å². The zero-order chi connectivity index (χ0) is 25.2. The number of phenolic OH excluding ortho intramolecular Hbond substituents is 1. The maximum Gasteiger partial charge on any atom is 0.228 e. The van der Waals surface area contributed by atoms with Gasteiger partial charge in [-0.05, 0) is 87.2 Å². The van der Waals surface area contributed by atoms with E-state index in [0.717, 1.165) is 43.6 Å². The quantitative estimate of drug-likeness (QED) is 0.651. The predicted octanol–water partition coefficient (Wildman–Crippen LogP) is 3.12. The molecule has 0 aromatic heterocycles. The number of likely N-dealkylation sites (tertiary alicyclic amines) is 2. The number of aryl methyl sites for hydroxylation is 2. The fourth-order valence-corrected chi connectivity index (χ4v) is 6.06. The smallest absolute Gasteiger partial charge is 0.228 e. The molecule has 2 fully saturated rings. The molecule has 3 aliphatic rings. The molecule has 2 aliphatic heterocycles. The Morgan fingerprint density at radius 3 is 2.50 bits per heavy atom. The van der Waals surface area contributed by atoms with Crippen LogP contribution in [-0.4, -0.2) is 77.9 Å². The minimum atomic E-state index is -0.259. The number of phenols is 1. The van der Waals surface area contributed by atoms with Crippen molar-refractivity contribution in [3.05, 3.63) is 59.2 Å². The van der Waals surface area contributed by atoms with Gasteiger partial charge in [-0.15, -0.1) is 0 Å². The van der Waals surface area contributed by atoms with Gasteiger partial charge in [-0.25, -0.2) is 0 Å². The minimum absolute atomic E-state index is 0.00579. The number of anilines is 1. The summed E-state index contributed by atoms with van der Waals surface area (Å²) in [6, 6.07) is 13.8. The summed E-state index contributed by atoms with van der Waals surface area (Å²) in [5.74, 6) is -0.0572. The number of piperidine rings is 1. The number of nitrogens with zero attached hydrogens (tertiary/aromatic N) is 3. The van der Waals surface area contributed by atoms with Gasteiger partial charge in [0, 0.05) is 44.5 Å². The van der Waals surface area contributed by atoms with Crippen LogP contribution in [-0.2, 0) is 29.0 Å². The Hall–Kier alpha value is -2.90. The van der Waals surface area contributed by atoms with Crippen LogP contribution >= 0.6 is 0 Å². The summed E-state index contributed by atoms with van der Waals surface area (Å²) in [5.41, 5.74) is 4.64. The average molecular weight is 491 g/mol. The number of benzene rings is 2. The van der Waals surface area contributed by atoms with E-state index in [1.807, 2.05) is 23.1 Å². The number of likely N-dealkylation sites (N-methyl/N-ethyl adjacent to an activating group) is 1. The van der Waals surface area contributed by atoms with Crippen LogP contribution in [0.3, 0.4) is 0 Å². The van der Waals surface area contributed by atoms with Crippen molar-refractivity contribution < 1.29 is 14.7 Å². The second-order valence-corrected chi connectivity index (χ2v) is 11.0. The standard InChI is InChI=1S/C29H38N4O3/c1-31(2)26-12-13-33(19-26)29(36)24-14-23(17-32(18-24)16-20-6-10-27(34)11-7-20)28(35)30-25-9-8-21-4-3-5-22(21)15-25/h6-11,15,23-24,26,34H,3-5,12-14,16-19H2,1-2H3,(H,30,35)/t23-,24+,26?/m1/s1. The lowest BCUT2D eigenvalue weighted by atomic mass is 9.87. The molecule has 0 bridgehead atoms. The van der Waals surface area contributed by atoms with Crippen LogP contribution in [0.4, 0.5) is 5.69 Å². The predicted molar refractivity (Wildman–Crippen MR) is 141 cm³/mol. The molecule has 3 atom stereocenters. The third-order valence-corrected chi connectivity index (χ3v) is 8.16. The summed E-state index contributed by atoms with van der Waals surface area (Å²) in [7, 11) is 4.13. The van der Waals surface area contributed by atoms with Crippen LogP contribution < -0.4 is 5.32 Å². The second kappa shape index (κ2) is 10.6. The molecule has 0 spiro atoms. The Kier molecular flexibility index (Phi) is 7.30. The van der Waals surface area contributed by atoms with Gasteiger partial charge in [-0.1, -0.05) is 18.2 Å². The van der Waals surface area contributed by atoms with Crippen molar-refractivity contribution >= 4 is 17.5 Å². The number of nitrogens with one attached hydrogen (secondary N) is 1. The van der Waals surface area contributed by atoms with Crippen molar-refractivity contribution in [1.29, 1.82) is 0 Å². The third kappa shape index (κ3) is 5.57. The van der Waals surface area contributed by atoms with E-state index in [2.05, 4.69) is 41.3 Å². The van der Waals surface area contributed by atoms with Gasteiger partial charge >= 0.3 is 0 Å². The number of rotatable bonds is 6. The van der Waals surface area contributed by atoms with E-state index in [1.165, 1.54) is 17.5 Å². The molecule has 1 unspecified atom stereocenters. The first-order valence-electron chi connectivity index (χ1n) is 13.2. The summed E-state index contributed by atoms with van der Waals surface area (Å²) in [6.45, 7) is 3.44. The molecule has 192 valence electrons. The fourth-order valence-electron chi connectivity index (χ4n) is 6.06. The molecule has 2 heterocycles. The van der Waals surface area contributed by atoms with Gasteiger partial charge < -0.3 is 20.2 Å². The minimum Gasteiger partial charge on any atom is -0.508 e. The molecule has 7 nitrogen and oxygen atoms in total. The van der Waals surface area contributed by atoms with Crippen LogP contribution in [0.15, 0.2) is 42.5 Å². The summed E-state index contributed by atoms with van der Waals surface area (Å²) < 4.78 is 0. The Morgan fingerprint density at radius 1 is 1.00 bits per heavy atom. The van der Waals surface area contributed by atoms with E-state index in [-0.39, 0.29) is 29.4 Å². The molecular weight excluding hydrogens is 452 g/mol. The second-order valence-electron chi connectivity index (χ2n) is 11.0. The number of hydrogen-bond donors (Lipinski definition) is 2. The highest BCUT2D eigenvalue weighted by molar-refractivity contribution is 5.93. The molecule has 0 saturated carbocycles. The van der Waals surface area contributed by atoms with Gasteiger partial charge in [0.05, 0.1) is 11.8 Å². The Morgan fingerprint density at radius 2 is 1.75 bits per heavy atom. The van der Waals surface area contributed by atoms with Gasteiger partial charge in [0.2, 0.25) is 11.8 Å². The number of fused-ring (bicyclic) bond motifs is 1. The Balaban J connectivity index is 1.30. The lowest BCUT2D eigenvalue weighted by Gasteiger charge is -2.38. The van der Waals surface area contributed by atoms with Crippen LogP contribution in [0, 0.1) is 11.8 Å². The average Bonchev–Trinajstić information content (AvgIpc) is 3.54. The number of carbonyl (C=O) groups is 2. The zero-order valence-electron chi connectivity index (χ0n) is 21.4. The third-order valence-electron chi connectivity index (χ3n) is 8.16. The van der Waals surface area contributed by atoms with Crippen molar-refractivity contribution in [1.82, 2.24) is 14.7 Å². The molecule has 5 rings (SSSR count). The highest BCUT2D eigenvalue weighted by atomic mass is 16.3. The molecular formula is C29H38N4O3. The van der Waals surface area contributed by atoms with Crippen LogP contribution in [0.1, 0.15) is 36.0 Å². The highest BCUT2D eigenvalue weighted by Gasteiger charge is 2.39. The molecule has 2 N–H and O–H groups in total. The van der Waals surface area contributed by atoms with Gasteiger partial charge in [0.15, 0.2) is 0 Å². The Bertz CT molecular complexity index is 1100. The lowest BCUT2D eigenvalue weighted by molar-refractivity contribution is -0.138. The number of aromatic hydroxyl groups is 1. The topological polar surface area (TPSA) is 76.1 Å². The maximum atomic E-state index is 13.6. The first-order valence-corrected chi connectivity index (χ1v) is 13.2. The SMILES string of the molecule is CN(C)C1CCN(C(=O)[C@H]2C[C@@H](C(=O)Nc3ccc4c(c3)CCC4)CN(Cc3ccc(O)cc3)C2)C1. The first-order chi connectivity index (χ1) is 17.4. The van der Waals surface area contributed by atoms with E-state index < -0.39 is 0 Å². The normalized spacial score (nSPS) is 24.2. The van der Waals surface area contributed by atoms with E-state index in [9.17, 15) is 14.7 Å². The van der Waals surface area contributed by atoms with Gasteiger partial charge in [-0.3, -0.25) is 14.5 Å². The van der Waals surface area contributed by atoms with Gasteiger partial charge in [-0.2, -0.15) is 0 Å². The first kappa shape index (κ1) is 24.8. The molecule has 2 aromatic carbocycles. The van der Waals surface area contributed by atoms with Gasteiger partial charge in [0.25, 0.3) is 0 Å². The zero-order valence-corrected chi connectivity index (χ0v) is 21.4. The molecule has 2 saturated heterocycles. The lowest BCUT2D eigenvalue weighted by Crippen LogP contribution is -2.49. The van der Waals surface area contributed by atoms with Crippen molar-refractivity contribution in [2.45, 2.75) is 44.7 Å². The van der Waals surface area contributed by atoms with Crippen molar-refractivity contribution in [2.24, 2.45) is 11.8 Å². The summed E-state index contributed by atoms with van der Waals surface area (Å²) in [5, 5.41) is 12.8. The van der Waals surface area contributed by atoms with E-state index >= 15 is 0 Å². The monoisotopic (exact) mass is 490 g/mol.